The molecule has 0 spiro atoms. The second-order valence-electron chi connectivity index (χ2n) is 3.91. The summed E-state index contributed by atoms with van der Waals surface area (Å²) in [5.74, 6) is 0.346. The summed E-state index contributed by atoms with van der Waals surface area (Å²) >= 11 is 0. The molecule has 1 aliphatic rings. The Kier molecular flexibility index (Phi) is 1.82. The Morgan fingerprint density at radius 1 is 1.50 bits per heavy atom. The number of ketones is 1. The lowest BCUT2D eigenvalue weighted by Crippen LogP contribution is -2.52. The van der Waals surface area contributed by atoms with Crippen molar-refractivity contribution < 1.29 is 4.79 Å². The van der Waals surface area contributed by atoms with Crippen molar-refractivity contribution in [2.24, 2.45) is 5.41 Å². The maximum atomic E-state index is 11.4. The zero-order valence-corrected chi connectivity index (χ0v) is 6.90. The van der Waals surface area contributed by atoms with Crippen LogP contribution in [0.4, 0.5) is 0 Å². The van der Waals surface area contributed by atoms with Crippen LogP contribution >= 0.6 is 0 Å². The van der Waals surface area contributed by atoms with E-state index in [0.29, 0.717) is 5.78 Å². The van der Waals surface area contributed by atoms with Gasteiger partial charge in [0.2, 0.25) is 0 Å². The third-order valence-electron chi connectivity index (χ3n) is 1.88. The Morgan fingerprint density at radius 2 is 2.00 bits per heavy atom. The third-order valence-corrected chi connectivity index (χ3v) is 1.88. The number of hydrogen-bond donors (Lipinski definition) is 1. The lowest BCUT2D eigenvalue weighted by Gasteiger charge is -2.31. The molecule has 1 N–H and O–H groups in total. The van der Waals surface area contributed by atoms with Gasteiger partial charge >= 0.3 is 0 Å². The fraction of sp³-hybridized carbons (Fsp3) is 0.875. The van der Waals surface area contributed by atoms with E-state index < -0.39 is 0 Å². The van der Waals surface area contributed by atoms with Crippen LogP contribution in [0, 0.1) is 5.41 Å². The van der Waals surface area contributed by atoms with Crippen LogP contribution in [0.3, 0.4) is 0 Å². The fourth-order valence-corrected chi connectivity index (χ4v) is 1.04. The van der Waals surface area contributed by atoms with Crippen LogP contribution in [0.2, 0.25) is 0 Å². The van der Waals surface area contributed by atoms with Gasteiger partial charge < -0.3 is 5.32 Å². The van der Waals surface area contributed by atoms with E-state index in [4.69, 9.17) is 0 Å². The molecule has 0 aromatic heterocycles. The van der Waals surface area contributed by atoms with Gasteiger partial charge in [-0.1, -0.05) is 20.8 Å². The Labute approximate surface area is 62.0 Å². The SMILES string of the molecule is CC(C)(C)C(=O)[C@H]1CCN1. The van der Waals surface area contributed by atoms with Gasteiger partial charge in [0.15, 0.2) is 5.78 Å². The topological polar surface area (TPSA) is 29.1 Å². The van der Waals surface area contributed by atoms with Crippen molar-refractivity contribution in [1.29, 1.82) is 0 Å². The van der Waals surface area contributed by atoms with Crippen LogP contribution in [0.1, 0.15) is 27.2 Å². The standard InChI is InChI=1S/C8H15NO/c1-8(2,3)7(10)6-4-5-9-6/h6,9H,4-5H2,1-3H3/t6-/m1/s1. The molecule has 0 aliphatic carbocycles. The quantitative estimate of drug-likeness (QED) is 0.589. The summed E-state index contributed by atoms with van der Waals surface area (Å²) in [6.45, 7) is 6.91. The molecule has 1 atom stereocenters. The van der Waals surface area contributed by atoms with Gasteiger partial charge in [-0.2, -0.15) is 0 Å². The molecular formula is C8H15NO. The maximum absolute atomic E-state index is 11.4. The van der Waals surface area contributed by atoms with E-state index in [9.17, 15) is 4.79 Å². The average molecular weight is 141 g/mol. The van der Waals surface area contributed by atoms with Crippen molar-refractivity contribution >= 4 is 5.78 Å². The molecule has 1 heterocycles. The van der Waals surface area contributed by atoms with Gasteiger partial charge in [0.25, 0.3) is 0 Å². The molecule has 1 rings (SSSR count). The Balaban J connectivity index is 2.48. The number of hydrogen-bond acceptors (Lipinski definition) is 2. The zero-order chi connectivity index (χ0) is 7.78. The predicted octanol–water partition coefficient (Wildman–Crippen LogP) is 0.964. The van der Waals surface area contributed by atoms with Gasteiger partial charge in [-0.3, -0.25) is 4.79 Å². The minimum absolute atomic E-state index is 0.153. The van der Waals surface area contributed by atoms with E-state index in [1.54, 1.807) is 0 Å². The highest BCUT2D eigenvalue weighted by Gasteiger charge is 2.32. The summed E-state index contributed by atoms with van der Waals surface area (Å²) in [6.07, 6.45) is 1.02. The average Bonchev–Trinajstić information content (AvgIpc) is 1.57. The molecule has 58 valence electrons. The minimum atomic E-state index is -0.169. The Morgan fingerprint density at radius 3 is 2.10 bits per heavy atom. The van der Waals surface area contributed by atoms with Crippen molar-refractivity contribution in [3.8, 4) is 0 Å². The smallest absolute Gasteiger partial charge is 0.155 e. The predicted molar refractivity (Wildman–Crippen MR) is 40.9 cm³/mol. The first-order chi connectivity index (χ1) is 4.52. The summed E-state index contributed by atoms with van der Waals surface area (Å²) in [6, 6.07) is 0.153. The van der Waals surface area contributed by atoms with Crippen LogP contribution in [0.15, 0.2) is 0 Å². The van der Waals surface area contributed by atoms with E-state index >= 15 is 0 Å². The summed E-state index contributed by atoms with van der Waals surface area (Å²) in [7, 11) is 0. The lowest BCUT2D eigenvalue weighted by molar-refractivity contribution is -0.130. The molecule has 1 fully saturated rings. The molecular weight excluding hydrogens is 126 g/mol. The van der Waals surface area contributed by atoms with Gasteiger partial charge in [0.05, 0.1) is 6.04 Å². The minimum Gasteiger partial charge on any atom is -0.307 e. The third kappa shape index (κ3) is 1.37. The molecule has 10 heavy (non-hydrogen) atoms. The second kappa shape index (κ2) is 2.35. The van der Waals surface area contributed by atoms with Gasteiger partial charge in [-0.15, -0.1) is 0 Å². The molecule has 0 amide bonds. The summed E-state index contributed by atoms with van der Waals surface area (Å²) < 4.78 is 0. The van der Waals surface area contributed by atoms with Crippen molar-refractivity contribution in [2.75, 3.05) is 6.54 Å². The number of Topliss-reactive ketones (excluding diaryl/α,β-unsaturated/α-hetero) is 1. The number of carbonyl (C=O) groups is 1. The molecule has 0 unspecified atom stereocenters. The summed E-state index contributed by atoms with van der Waals surface area (Å²) in [5, 5.41) is 3.10. The number of rotatable bonds is 1. The largest absolute Gasteiger partial charge is 0.307 e. The van der Waals surface area contributed by atoms with Gasteiger partial charge in [0, 0.05) is 5.41 Å². The monoisotopic (exact) mass is 141 g/mol. The highest BCUT2D eigenvalue weighted by Crippen LogP contribution is 2.20. The highest BCUT2D eigenvalue weighted by molar-refractivity contribution is 5.89. The van der Waals surface area contributed by atoms with Crippen molar-refractivity contribution in [1.82, 2.24) is 5.32 Å². The van der Waals surface area contributed by atoms with Crippen molar-refractivity contribution in [2.45, 2.75) is 33.2 Å². The lowest BCUT2D eigenvalue weighted by atomic mass is 9.83. The molecule has 0 saturated carbocycles. The van der Waals surface area contributed by atoms with Crippen LogP contribution in [0.25, 0.3) is 0 Å². The van der Waals surface area contributed by atoms with E-state index in [2.05, 4.69) is 5.32 Å². The zero-order valence-electron chi connectivity index (χ0n) is 6.90. The molecule has 1 saturated heterocycles. The normalized spacial score (nSPS) is 25.7. The molecule has 0 aromatic rings. The fourth-order valence-electron chi connectivity index (χ4n) is 1.04. The first-order valence-electron chi connectivity index (χ1n) is 3.79. The van der Waals surface area contributed by atoms with Crippen molar-refractivity contribution in [3.63, 3.8) is 0 Å². The molecule has 0 radical (unpaired) electrons. The summed E-state index contributed by atoms with van der Waals surface area (Å²) in [4.78, 5) is 11.4. The number of nitrogens with one attached hydrogen (secondary N) is 1. The van der Waals surface area contributed by atoms with Crippen molar-refractivity contribution in [3.05, 3.63) is 0 Å². The Hall–Kier alpha value is -0.370. The van der Waals surface area contributed by atoms with Gasteiger partial charge in [-0.05, 0) is 13.0 Å². The van der Waals surface area contributed by atoms with E-state index in [-0.39, 0.29) is 11.5 Å². The van der Waals surface area contributed by atoms with E-state index in [1.165, 1.54) is 0 Å². The second-order valence-corrected chi connectivity index (χ2v) is 3.91. The van der Waals surface area contributed by atoms with Crippen LogP contribution < -0.4 is 5.32 Å². The molecule has 0 aromatic carbocycles. The first kappa shape index (κ1) is 7.73. The maximum Gasteiger partial charge on any atom is 0.155 e. The Bertz CT molecular complexity index is 142. The van der Waals surface area contributed by atoms with E-state index in [1.807, 2.05) is 20.8 Å². The number of carbonyl (C=O) groups excluding carboxylic acids is 1. The van der Waals surface area contributed by atoms with E-state index in [0.717, 1.165) is 13.0 Å². The van der Waals surface area contributed by atoms with Gasteiger partial charge in [-0.25, -0.2) is 0 Å². The molecule has 2 nitrogen and oxygen atoms in total. The molecule has 0 bridgehead atoms. The van der Waals surface area contributed by atoms with Gasteiger partial charge in [0.1, 0.15) is 0 Å². The molecule has 1 aliphatic heterocycles. The first-order valence-corrected chi connectivity index (χ1v) is 3.79. The molecule has 2 heteroatoms. The van der Waals surface area contributed by atoms with Crippen LogP contribution in [-0.2, 0) is 4.79 Å². The highest BCUT2D eigenvalue weighted by atomic mass is 16.1. The van der Waals surface area contributed by atoms with Crippen LogP contribution in [0.5, 0.6) is 0 Å². The van der Waals surface area contributed by atoms with Crippen LogP contribution in [-0.4, -0.2) is 18.4 Å². The summed E-state index contributed by atoms with van der Waals surface area (Å²) in [5.41, 5.74) is -0.169.